The minimum Gasteiger partial charge on any atom is -0.451 e. The second-order valence-corrected chi connectivity index (χ2v) is 5.95. The fourth-order valence-electron chi connectivity index (χ4n) is 2.57. The van der Waals surface area contributed by atoms with Gasteiger partial charge in [0.15, 0.2) is 6.61 Å². The first kappa shape index (κ1) is 18.3. The van der Waals surface area contributed by atoms with E-state index < -0.39 is 12.6 Å². The van der Waals surface area contributed by atoms with Crippen molar-refractivity contribution in [3.05, 3.63) is 60.7 Å². The third kappa shape index (κ3) is 4.38. The summed E-state index contributed by atoms with van der Waals surface area (Å²) in [6.07, 6.45) is 0.338. The van der Waals surface area contributed by atoms with Crippen LogP contribution in [-0.2, 0) is 19.1 Å². The van der Waals surface area contributed by atoms with Gasteiger partial charge >= 0.3 is 5.97 Å². The molecule has 0 N–H and O–H groups in total. The Labute approximate surface area is 156 Å². The number of hydrogen-bond donors (Lipinski definition) is 0. The number of carbonyl (C=O) groups excluding carboxylic acids is 3. The topological polar surface area (TPSA) is 79.3 Å². The average Bonchev–Trinajstić information content (AvgIpc) is 2.72. The molecule has 1 aliphatic rings. The Balaban J connectivity index is 1.63. The Hall–Kier alpha value is -3.48. The van der Waals surface area contributed by atoms with Gasteiger partial charge in [-0.15, -0.1) is 0 Å². The molecule has 0 saturated carbocycles. The van der Waals surface area contributed by atoms with Crippen LogP contribution >= 0.6 is 0 Å². The molecule has 0 aromatic heterocycles. The summed E-state index contributed by atoms with van der Waals surface area (Å²) in [5, 5.41) is 5.31. The number of ether oxygens (including phenoxy) is 1. The Morgan fingerprint density at radius 1 is 1.04 bits per heavy atom. The molecular formula is C20H19N3O4. The smallest absolute Gasteiger partial charge is 0.355 e. The molecule has 0 atom stereocenters. The first-order valence-corrected chi connectivity index (χ1v) is 8.50. The maximum absolute atomic E-state index is 12.3. The number of carbonyl (C=O) groups is 3. The molecule has 2 aromatic carbocycles. The third-order valence-corrected chi connectivity index (χ3v) is 4.11. The predicted octanol–water partition coefficient (Wildman–Crippen LogP) is 2.38. The highest BCUT2D eigenvalue weighted by Gasteiger charge is 2.27. The number of hydrazone groups is 1. The van der Waals surface area contributed by atoms with Crippen LogP contribution in [0.5, 0.6) is 0 Å². The number of para-hydroxylation sites is 2. The van der Waals surface area contributed by atoms with Crippen LogP contribution in [0, 0.1) is 0 Å². The zero-order valence-corrected chi connectivity index (χ0v) is 14.9. The number of anilines is 2. The largest absolute Gasteiger partial charge is 0.451 e. The van der Waals surface area contributed by atoms with Crippen LogP contribution in [0.15, 0.2) is 65.8 Å². The van der Waals surface area contributed by atoms with Gasteiger partial charge in [-0.05, 0) is 24.3 Å². The van der Waals surface area contributed by atoms with E-state index in [1.54, 1.807) is 43.4 Å². The molecule has 7 nitrogen and oxygen atoms in total. The lowest BCUT2D eigenvalue weighted by Gasteiger charge is -2.23. The van der Waals surface area contributed by atoms with Crippen molar-refractivity contribution in [3.8, 4) is 0 Å². The van der Waals surface area contributed by atoms with E-state index in [0.717, 1.165) is 0 Å². The summed E-state index contributed by atoms with van der Waals surface area (Å²) in [6, 6.07) is 17.9. The lowest BCUT2D eigenvalue weighted by atomic mass is 10.1. The van der Waals surface area contributed by atoms with E-state index in [9.17, 15) is 14.4 Å². The number of rotatable bonds is 5. The van der Waals surface area contributed by atoms with Crippen molar-refractivity contribution in [1.29, 1.82) is 0 Å². The highest BCUT2D eigenvalue weighted by atomic mass is 16.5. The van der Waals surface area contributed by atoms with Gasteiger partial charge in [0, 0.05) is 25.6 Å². The van der Waals surface area contributed by atoms with Gasteiger partial charge in [-0.1, -0.05) is 36.4 Å². The van der Waals surface area contributed by atoms with Gasteiger partial charge in [-0.2, -0.15) is 5.10 Å². The van der Waals surface area contributed by atoms with E-state index >= 15 is 0 Å². The van der Waals surface area contributed by atoms with E-state index in [4.69, 9.17) is 4.74 Å². The first-order chi connectivity index (χ1) is 13.1. The number of esters is 1. The van der Waals surface area contributed by atoms with E-state index in [2.05, 4.69) is 5.10 Å². The lowest BCUT2D eigenvalue weighted by molar-refractivity contribution is -0.141. The SMILES string of the molecule is CN(C(=O)COC(=O)C1=NN(c2ccccc2)C(=O)CC1)c1ccccc1. The fourth-order valence-corrected chi connectivity index (χ4v) is 2.57. The molecule has 0 saturated heterocycles. The number of amides is 2. The number of nitrogens with zero attached hydrogens (tertiary/aromatic N) is 3. The molecule has 0 radical (unpaired) electrons. The highest BCUT2D eigenvalue weighted by Crippen LogP contribution is 2.20. The average molecular weight is 365 g/mol. The molecule has 7 heteroatoms. The summed E-state index contributed by atoms with van der Waals surface area (Å²) in [6.45, 7) is -0.400. The maximum Gasteiger partial charge on any atom is 0.355 e. The molecule has 138 valence electrons. The van der Waals surface area contributed by atoms with Crippen molar-refractivity contribution in [3.63, 3.8) is 0 Å². The zero-order chi connectivity index (χ0) is 19.2. The Bertz CT molecular complexity index is 865. The lowest BCUT2D eigenvalue weighted by Crippen LogP contribution is -2.36. The molecule has 2 amide bonds. The molecular weight excluding hydrogens is 346 g/mol. The van der Waals surface area contributed by atoms with Crippen LogP contribution in [0.4, 0.5) is 11.4 Å². The summed E-state index contributed by atoms with van der Waals surface area (Å²) in [5.41, 5.74) is 1.40. The van der Waals surface area contributed by atoms with Crippen molar-refractivity contribution in [2.75, 3.05) is 23.6 Å². The third-order valence-electron chi connectivity index (χ3n) is 4.11. The van der Waals surface area contributed by atoms with Crippen LogP contribution in [-0.4, -0.2) is 37.1 Å². The number of likely N-dealkylation sites (N-methyl/N-ethyl adjacent to an activating group) is 1. The van der Waals surface area contributed by atoms with Gasteiger partial charge in [0.05, 0.1) is 5.69 Å². The van der Waals surface area contributed by atoms with E-state index in [1.165, 1.54) is 9.91 Å². The number of benzene rings is 2. The van der Waals surface area contributed by atoms with Crippen LogP contribution in [0.1, 0.15) is 12.8 Å². The predicted molar refractivity (Wildman–Crippen MR) is 101 cm³/mol. The van der Waals surface area contributed by atoms with Crippen molar-refractivity contribution in [2.45, 2.75) is 12.8 Å². The van der Waals surface area contributed by atoms with Crippen LogP contribution in [0.2, 0.25) is 0 Å². The van der Waals surface area contributed by atoms with E-state index in [-0.39, 0.29) is 30.4 Å². The second-order valence-electron chi connectivity index (χ2n) is 5.95. The quantitative estimate of drug-likeness (QED) is 0.762. The summed E-state index contributed by atoms with van der Waals surface area (Å²) in [7, 11) is 1.61. The zero-order valence-electron chi connectivity index (χ0n) is 14.9. The Kier molecular flexibility index (Phi) is 5.61. The molecule has 3 rings (SSSR count). The maximum atomic E-state index is 12.3. The molecule has 2 aromatic rings. The Morgan fingerprint density at radius 3 is 2.33 bits per heavy atom. The molecule has 0 bridgehead atoms. The molecule has 0 aliphatic carbocycles. The van der Waals surface area contributed by atoms with Gasteiger partial charge < -0.3 is 9.64 Å². The van der Waals surface area contributed by atoms with Gasteiger partial charge in [-0.3, -0.25) is 9.59 Å². The van der Waals surface area contributed by atoms with Crippen LogP contribution in [0.3, 0.4) is 0 Å². The standard InChI is InChI=1S/C20H19N3O4/c1-22(15-8-4-2-5-9-15)19(25)14-27-20(26)17-12-13-18(24)23(21-17)16-10-6-3-7-11-16/h2-11H,12-14H2,1H3. The van der Waals surface area contributed by atoms with Gasteiger partial charge in [0.1, 0.15) is 5.71 Å². The minimum atomic E-state index is -0.696. The fraction of sp³-hybridized carbons (Fsp3) is 0.200. The van der Waals surface area contributed by atoms with E-state index in [1.807, 2.05) is 24.3 Å². The van der Waals surface area contributed by atoms with Crippen LogP contribution < -0.4 is 9.91 Å². The van der Waals surface area contributed by atoms with E-state index in [0.29, 0.717) is 11.4 Å². The van der Waals surface area contributed by atoms with Crippen molar-refractivity contribution in [2.24, 2.45) is 5.10 Å². The summed E-state index contributed by atoms with van der Waals surface area (Å²) in [5.74, 6) is -1.25. The van der Waals surface area contributed by atoms with Crippen molar-refractivity contribution < 1.29 is 19.1 Å². The highest BCUT2D eigenvalue weighted by molar-refractivity contribution is 6.38. The van der Waals surface area contributed by atoms with Crippen molar-refractivity contribution in [1.82, 2.24) is 0 Å². The van der Waals surface area contributed by atoms with Gasteiger partial charge in [-0.25, -0.2) is 9.80 Å². The summed E-state index contributed by atoms with van der Waals surface area (Å²) in [4.78, 5) is 38.0. The first-order valence-electron chi connectivity index (χ1n) is 8.50. The molecule has 1 heterocycles. The normalized spacial score (nSPS) is 13.7. The molecule has 0 spiro atoms. The van der Waals surface area contributed by atoms with Gasteiger partial charge in [0.25, 0.3) is 5.91 Å². The molecule has 0 fully saturated rings. The minimum absolute atomic E-state index is 0.119. The van der Waals surface area contributed by atoms with Crippen LogP contribution in [0.25, 0.3) is 0 Å². The Morgan fingerprint density at radius 2 is 1.67 bits per heavy atom. The monoisotopic (exact) mass is 365 g/mol. The summed E-state index contributed by atoms with van der Waals surface area (Å²) < 4.78 is 5.11. The second kappa shape index (κ2) is 8.27. The summed E-state index contributed by atoms with van der Waals surface area (Å²) >= 11 is 0. The molecule has 1 aliphatic heterocycles. The molecule has 0 unspecified atom stereocenters. The van der Waals surface area contributed by atoms with Crippen molar-refractivity contribution >= 4 is 34.9 Å². The molecule has 27 heavy (non-hydrogen) atoms. The van der Waals surface area contributed by atoms with Gasteiger partial charge in [0.2, 0.25) is 5.91 Å². The number of hydrogen-bond acceptors (Lipinski definition) is 5.